The van der Waals surface area contributed by atoms with Gasteiger partial charge in [0.2, 0.25) is 0 Å². The van der Waals surface area contributed by atoms with E-state index in [2.05, 4.69) is 49.6 Å². The van der Waals surface area contributed by atoms with E-state index < -0.39 is 0 Å². The maximum absolute atomic E-state index is 3.78. The van der Waals surface area contributed by atoms with E-state index in [-0.39, 0.29) is 0 Å². The van der Waals surface area contributed by atoms with Gasteiger partial charge in [-0.3, -0.25) is 0 Å². The molecule has 0 amide bonds. The van der Waals surface area contributed by atoms with Crippen LogP contribution in [0.4, 0.5) is 0 Å². The zero-order valence-corrected chi connectivity index (χ0v) is 11.3. The molecule has 1 aromatic carbocycles. The molecule has 0 saturated heterocycles. The summed E-state index contributed by atoms with van der Waals surface area (Å²) in [6.07, 6.45) is 5.53. The molecule has 1 heteroatoms. The molecule has 1 rings (SSSR count). The Kier molecular flexibility index (Phi) is 6.64. The fourth-order valence-corrected chi connectivity index (χ4v) is 2.08. The maximum atomic E-state index is 3.78. The minimum Gasteiger partial charge on any atom is -0.303 e. The van der Waals surface area contributed by atoms with Gasteiger partial charge in [0.25, 0.3) is 0 Å². The summed E-state index contributed by atoms with van der Waals surface area (Å²) in [6, 6.07) is 8.72. The number of hydrogen-bond donors (Lipinski definition) is 0. The Morgan fingerprint density at radius 2 is 1.59 bits per heavy atom. The first-order valence-electron chi connectivity index (χ1n) is 6.73. The van der Waals surface area contributed by atoms with Gasteiger partial charge in [-0.05, 0) is 43.5 Å². The third-order valence-electron chi connectivity index (χ3n) is 3.01. The second-order valence-corrected chi connectivity index (χ2v) is 4.54. The van der Waals surface area contributed by atoms with Gasteiger partial charge in [0, 0.05) is 6.54 Å². The molecule has 17 heavy (non-hydrogen) atoms. The number of hydrogen-bond acceptors (Lipinski definition) is 1. The lowest BCUT2D eigenvalue weighted by Gasteiger charge is -2.20. The van der Waals surface area contributed by atoms with Crippen LogP contribution in [0.25, 0.3) is 6.08 Å². The summed E-state index contributed by atoms with van der Waals surface area (Å²) in [5.41, 5.74) is 2.63. The highest BCUT2D eigenvalue weighted by Gasteiger charge is 2.02. The Labute approximate surface area is 106 Å². The van der Waals surface area contributed by atoms with E-state index >= 15 is 0 Å². The Balaban J connectivity index is 2.43. The first-order chi connectivity index (χ1) is 8.30. The summed E-state index contributed by atoms with van der Waals surface area (Å²) < 4.78 is 0. The van der Waals surface area contributed by atoms with Gasteiger partial charge < -0.3 is 4.90 Å². The molecule has 1 nitrogen and oxygen atoms in total. The van der Waals surface area contributed by atoms with Crippen LogP contribution < -0.4 is 0 Å². The van der Waals surface area contributed by atoms with Crippen LogP contribution in [0.2, 0.25) is 0 Å². The lowest BCUT2D eigenvalue weighted by atomic mass is 10.1. The van der Waals surface area contributed by atoms with Crippen molar-refractivity contribution in [1.29, 1.82) is 0 Å². The molecule has 0 fully saturated rings. The molecule has 0 bridgehead atoms. The smallest absolute Gasteiger partial charge is 0.00218 e. The molecule has 0 atom stereocenters. The van der Waals surface area contributed by atoms with Gasteiger partial charge in [-0.15, -0.1) is 0 Å². The molecule has 0 aromatic heterocycles. The standard InChI is InChI=1S/C16H25N/c1-4-12-17(13-5-2)14-11-16-9-7-15(6-3)8-10-16/h6-10H,3-5,11-14H2,1-2H3. The van der Waals surface area contributed by atoms with E-state index in [1.165, 1.54) is 43.6 Å². The topological polar surface area (TPSA) is 3.24 Å². The van der Waals surface area contributed by atoms with E-state index in [4.69, 9.17) is 0 Å². The quantitative estimate of drug-likeness (QED) is 0.654. The highest BCUT2D eigenvalue weighted by molar-refractivity contribution is 5.47. The van der Waals surface area contributed by atoms with E-state index in [1.807, 2.05) is 6.08 Å². The van der Waals surface area contributed by atoms with Crippen LogP contribution in [0.1, 0.15) is 37.8 Å². The van der Waals surface area contributed by atoms with Crippen LogP contribution in [-0.4, -0.2) is 24.5 Å². The SMILES string of the molecule is C=Cc1ccc(CCN(CCC)CCC)cc1. The lowest BCUT2D eigenvalue weighted by Crippen LogP contribution is -2.27. The summed E-state index contributed by atoms with van der Waals surface area (Å²) >= 11 is 0. The average molecular weight is 231 g/mol. The molecule has 0 spiro atoms. The molecule has 1 aromatic rings. The van der Waals surface area contributed by atoms with E-state index in [0.29, 0.717) is 0 Å². The number of rotatable bonds is 8. The van der Waals surface area contributed by atoms with E-state index in [0.717, 1.165) is 6.42 Å². The summed E-state index contributed by atoms with van der Waals surface area (Å²) in [6.45, 7) is 11.9. The van der Waals surface area contributed by atoms with Crippen LogP contribution in [0, 0.1) is 0 Å². The number of nitrogens with zero attached hydrogens (tertiary/aromatic N) is 1. The van der Waals surface area contributed by atoms with Gasteiger partial charge in [0.15, 0.2) is 0 Å². The second kappa shape index (κ2) is 8.08. The van der Waals surface area contributed by atoms with Crippen molar-refractivity contribution in [2.75, 3.05) is 19.6 Å². The van der Waals surface area contributed by atoms with Crippen molar-refractivity contribution in [2.45, 2.75) is 33.1 Å². The second-order valence-electron chi connectivity index (χ2n) is 4.54. The minimum absolute atomic E-state index is 1.15. The fourth-order valence-electron chi connectivity index (χ4n) is 2.08. The van der Waals surface area contributed by atoms with Crippen molar-refractivity contribution in [2.24, 2.45) is 0 Å². The number of benzene rings is 1. The predicted octanol–water partition coefficient (Wildman–Crippen LogP) is 3.99. The minimum atomic E-state index is 1.15. The molecule has 94 valence electrons. The Hall–Kier alpha value is -1.08. The van der Waals surface area contributed by atoms with Gasteiger partial charge in [-0.1, -0.05) is 50.8 Å². The lowest BCUT2D eigenvalue weighted by molar-refractivity contribution is 0.278. The van der Waals surface area contributed by atoms with Crippen LogP contribution in [0.3, 0.4) is 0 Å². The molecule has 0 saturated carbocycles. The van der Waals surface area contributed by atoms with Gasteiger partial charge in [-0.2, -0.15) is 0 Å². The van der Waals surface area contributed by atoms with Crippen molar-refractivity contribution in [3.63, 3.8) is 0 Å². The third-order valence-corrected chi connectivity index (χ3v) is 3.01. The summed E-state index contributed by atoms with van der Waals surface area (Å²) in [5, 5.41) is 0. The Morgan fingerprint density at radius 3 is 2.06 bits per heavy atom. The van der Waals surface area contributed by atoms with Crippen LogP contribution in [0.5, 0.6) is 0 Å². The normalized spacial score (nSPS) is 10.8. The highest BCUT2D eigenvalue weighted by Crippen LogP contribution is 2.07. The molecular weight excluding hydrogens is 206 g/mol. The molecule has 0 unspecified atom stereocenters. The van der Waals surface area contributed by atoms with Gasteiger partial charge in [0.05, 0.1) is 0 Å². The van der Waals surface area contributed by atoms with Gasteiger partial charge in [-0.25, -0.2) is 0 Å². The molecule has 0 aliphatic rings. The highest BCUT2D eigenvalue weighted by atomic mass is 15.1. The monoisotopic (exact) mass is 231 g/mol. The molecule has 0 radical (unpaired) electrons. The zero-order chi connectivity index (χ0) is 12.5. The molecule has 0 heterocycles. The van der Waals surface area contributed by atoms with Crippen molar-refractivity contribution in [1.82, 2.24) is 4.90 Å². The average Bonchev–Trinajstić information content (AvgIpc) is 2.37. The third kappa shape index (κ3) is 5.18. The first-order valence-corrected chi connectivity index (χ1v) is 6.73. The summed E-state index contributed by atoms with van der Waals surface area (Å²) in [4.78, 5) is 2.56. The molecule has 0 aliphatic heterocycles. The van der Waals surface area contributed by atoms with Gasteiger partial charge in [0.1, 0.15) is 0 Å². The first kappa shape index (κ1) is 14.0. The molecule has 0 aliphatic carbocycles. The van der Waals surface area contributed by atoms with Crippen LogP contribution in [0.15, 0.2) is 30.8 Å². The Morgan fingerprint density at radius 1 is 1.00 bits per heavy atom. The predicted molar refractivity (Wildman–Crippen MR) is 77.3 cm³/mol. The van der Waals surface area contributed by atoms with Crippen molar-refractivity contribution >= 4 is 6.08 Å². The Bertz CT molecular complexity index is 307. The fraction of sp³-hybridized carbons (Fsp3) is 0.500. The van der Waals surface area contributed by atoms with Crippen LogP contribution in [-0.2, 0) is 6.42 Å². The van der Waals surface area contributed by atoms with Crippen LogP contribution >= 0.6 is 0 Å². The van der Waals surface area contributed by atoms with Gasteiger partial charge >= 0.3 is 0 Å². The zero-order valence-electron chi connectivity index (χ0n) is 11.3. The molecular formula is C16H25N. The summed E-state index contributed by atoms with van der Waals surface area (Å²) in [5.74, 6) is 0. The summed E-state index contributed by atoms with van der Waals surface area (Å²) in [7, 11) is 0. The van der Waals surface area contributed by atoms with Crippen molar-refractivity contribution in [3.8, 4) is 0 Å². The maximum Gasteiger partial charge on any atom is 0.00218 e. The largest absolute Gasteiger partial charge is 0.303 e. The van der Waals surface area contributed by atoms with E-state index in [1.54, 1.807) is 0 Å². The van der Waals surface area contributed by atoms with E-state index in [9.17, 15) is 0 Å². The van der Waals surface area contributed by atoms with Crippen molar-refractivity contribution < 1.29 is 0 Å². The molecule has 0 N–H and O–H groups in total. The van der Waals surface area contributed by atoms with Crippen molar-refractivity contribution in [3.05, 3.63) is 42.0 Å².